The molecule has 0 radical (unpaired) electrons. The van der Waals surface area contributed by atoms with E-state index in [2.05, 4.69) is 12.2 Å². The molecule has 1 unspecified atom stereocenters. The minimum atomic E-state index is -0.776. The van der Waals surface area contributed by atoms with E-state index >= 15 is 0 Å². The number of hydrogen-bond acceptors (Lipinski definition) is 2. The van der Waals surface area contributed by atoms with E-state index in [-0.39, 0.29) is 23.9 Å². The quantitative estimate of drug-likeness (QED) is 0.746. The van der Waals surface area contributed by atoms with Gasteiger partial charge in [0, 0.05) is 19.6 Å². The molecule has 0 spiro atoms. The molecule has 0 heterocycles. The number of amides is 2. The number of carboxylic acids is 1. The predicted molar refractivity (Wildman–Crippen MR) is 74.1 cm³/mol. The fourth-order valence-corrected chi connectivity index (χ4v) is 2.61. The SMILES string of the molecule is CCCC(C)N(C)C(=O)NCC1(CC(=O)O)CCC1. The summed E-state index contributed by atoms with van der Waals surface area (Å²) in [6, 6.07) is 0.111. The molecule has 1 atom stereocenters. The molecular weight excluding hydrogens is 244 g/mol. The highest BCUT2D eigenvalue weighted by molar-refractivity contribution is 5.74. The molecule has 0 aromatic rings. The maximum absolute atomic E-state index is 12.0. The molecule has 0 aliphatic heterocycles. The van der Waals surface area contributed by atoms with Crippen molar-refractivity contribution < 1.29 is 14.7 Å². The Morgan fingerprint density at radius 1 is 1.42 bits per heavy atom. The van der Waals surface area contributed by atoms with Crippen molar-refractivity contribution in [1.82, 2.24) is 10.2 Å². The van der Waals surface area contributed by atoms with Crippen molar-refractivity contribution in [3.05, 3.63) is 0 Å². The standard InChI is InChI=1S/C14H26N2O3/c1-4-6-11(2)16(3)13(19)15-10-14(7-5-8-14)9-12(17)18/h11H,4-10H2,1-3H3,(H,15,19)(H,17,18). The highest BCUT2D eigenvalue weighted by Gasteiger charge is 2.39. The van der Waals surface area contributed by atoms with Gasteiger partial charge in [-0.2, -0.15) is 0 Å². The molecular formula is C14H26N2O3. The number of nitrogens with zero attached hydrogens (tertiary/aromatic N) is 1. The minimum Gasteiger partial charge on any atom is -0.481 e. The van der Waals surface area contributed by atoms with Gasteiger partial charge in [0.2, 0.25) is 0 Å². The Bertz CT molecular complexity index is 327. The van der Waals surface area contributed by atoms with E-state index in [1.807, 2.05) is 6.92 Å². The Hall–Kier alpha value is -1.26. The first-order valence-electron chi connectivity index (χ1n) is 7.12. The van der Waals surface area contributed by atoms with Crippen LogP contribution in [-0.4, -0.2) is 41.6 Å². The number of urea groups is 1. The van der Waals surface area contributed by atoms with E-state index in [4.69, 9.17) is 5.11 Å². The fraction of sp³-hybridized carbons (Fsp3) is 0.857. The van der Waals surface area contributed by atoms with Gasteiger partial charge in [0.15, 0.2) is 0 Å². The van der Waals surface area contributed by atoms with Crippen LogP contribution in [0.3, 0.4) is 0 Å². The lowest BCUT2D eigenvalue weighted by molar-refractivity contribution is -0.141. The molecule has 5 heteroatoms. The molecule has 5 nitrogen and oxygen atoms in total. The number of nitrogens with one attached hydrogen (secondary N) is 1. The van der Waals surface area contributed by atoms with Crippen LogP contribution in [0.15, 0.2) is 0 Å². The summed E-state index contributed by atoms with van der Waals surface area (Å²) in [5.41, 5.74) is -0.212. The van der Waals surface area contributed by atoms with Crippen LogP contribution in [-0.2, 0) is 4.79 Å². The van der Waals surface area contributed by atoms with Gasteiger partial charge in [-0.05, 0) is 31.6 Å². The van der Waals surface area contributed by atoms with Crippen molar-refractivity contribution in [1.29, 1.82) is 0 Å². The van der Waals surface area contributed by atoms with Crippen LogP contribution in [0.1, 0.15) is 52.4 Å². The molecule has 2 amide bonds. The minimum absolute atomic E-state index is 0.0994. The number of carboxylic acid groups (broad SMARTS) is 1. The molecule has 0 saturated heterocycles. The third-order valence-electron chi connectivity index (χ3n) is 4.24. The molecule has 1 aliphatic carbocycles. The lowest BCUT2D eigenvalue weighted by Crippen LogP contribution is -2.48. The molecule has 1 aliphatic rings. The maximum atomic E-state index is 12.0. The summed E-state index contributed by atoms with van der Waals surface area (Å²) in [5.74, 6) is -0.776. The lowest BCUT2D eigenvalue weighted by atomic mass is 9.66. The third kappa shape index (κ3) is 4.40. The van der Waals surface area contributed by atoms with Crippen LogP contribution in [0.4, 0.5) is 4.79 Å². The summed E-state index contributed by atoms with van der Waals surface area (Å²) < 4.78 is 0. The van der Waals surface area contributed by atoms with Gasteiger partial charge in [0.25, 0.3) is 0 Å². The zero-order chi connectivity index (χ0) is 14.5. The summed E-state index contributed by atoms with van der Waals surface area (Å²) in [4.78, 5) is 24.6. The highest BCUT2D eigenvalue weighted by atomic mass is 16.4. The van der Waals surface area contributed by atoms with Gasteiger partial charge in [-0.25, -0.2) is 4.79 Å². The average Bonchev–Trinajstić information content (AvgIpc) is 2.30. The molecule has 19 heavy (non-hydrogen) atoms. The number of carbonyl (C=O) groups is 2. The summed E-state index contributed by atoms with van der Waals surface area (Å²) in [7, 11) is 1.79. The zero-order valence-electron chi connectivity index (χ0n) is 12.2. The Kier molecular flexibility index (Phi) is 5.63. The number of aliphatic carboxylic acids is 1. The van der Waals surface area contributed by atoms with Crippen molar-refractivity contribution in [3.63, 3.8) is 0 Å². The van der Waals surface area contributed by atoms with E-state index in [1.54, 1.807) is 11.9 Å². The number of rotatable bonds is 7. The van der Waals surface area contributed by atoms with Crippen molar-refractivity contribution in [2.75, 3.05) is 13.6 Å². The largest absolute Gasteiger partial charge is 0.481 e. The normalized spacial score (nSPS) is 18.3. The lowest BCUT2D eigenvalue weighted by Gasteiger charge is -2.41. The smallest absolute Gasteiger partial charge is 0.317 e. The van der Waals surface area contributed by atoms with Gasteiger partial charge in [-0.3, -0.25) is 4.79 Å². The molecule has 1 saturated carbocycles. The second-order valence-electron chi connectivity index (χ2n) is 5.83. The molecule has 0 aromatic heterocycles. The first kappa shape index (κ1) is 15.8. The van der Waals surface area contributed by atoms with Crippen LogP contribution in [0.25, 0.3) is 0 Å². The highest BCUT2D eigenvalue weighted by Crippen LogP contribution is 2.43. The Morgan fingerprint density at radius 3 is 2.47 bits per heavy atom. The molecule has 1 rings (SSSR count). The monoisotopic (exact) mass is 270 g/mol. The van der Waals surface area contributed by atoms with Gasteiger partial charge in [0.05, 0.1) is 6.42 Å². The van der Waals surface area contributed by atoms with Gasteiger partial charge >= 0.3 is 12.0 Å². The van der Waals surface area contributed by atoms with E-state index in [9.17, 15) is 9.59 Å². The fourth-order valence-electron chi connectivity index (χ4n) is 2.61. The van der Waals surface area contributed by atoms with Gasteiger partial charge in [0.1, 0.15) is 0 Å². The van der Waals surface area contributed by atoms with Gasteiger partial charge in [-0.15, -0.1) is 0 Å². The number of carbonyl (C=O) groups excluding carboxylic acids is 1. The first-order chi connectivity index (χ1) is 8.90. The predicted octanol–water partition coefficient (Wildman–Crippen LogP) is 2.46. The van der Waals surface area contributed by atoms with Gasteiger partial charge < -0.3 is 15.3 Å². The second kappa shape index (κ2) is 6.78. The molecule has 2 N–H and O–H groups in total. The van der Waals surface area contributed by atoms with Crippen molar-refractivity contribution >= 4 is 12.0 Å². The van der Waals surface area contributed by atoms with Crippen LogP contribution in [0, 0.1) is 5.41 Å². The van der Waals surface area contributed by atoms with E-state index < -0.39 is 5.97 Å². The Labute approximate surface area is 115 Å². The van der Waals surface area contributed by atoms with Crippen molar-refractivity contribution in [2.24, 2.45) is 5.41 Å². The van der Waals surface area contributed by atoms with Crippen LogP contribution >= 0.6 is 0 Å². The molecule has 0 aromatic carbocycles. The number of hydrogen-bond donors (Lipinski definition) is 2. The summed E-state index contributed by atoms with van der Waals surface area (Å²) in [5, 5.41) is 11.8. The van der Waals surface area contributed by atoms with Crippen molar-refractivity contribution in [3.8, 4) is 0 Å². The van der Waals surface area contributed by atoms with E-state index in [0.29, 0.717) is 6.54 Å². The summed E-state index contributed by atoms with van der Waals surface area (Å²) >= 11 is 0. The van der Waals surface area contributed by atoms with Crippen LogP contribution in [0.5, 0.6) is 0 Å². The molecule has 0 bridgehead atoms. The molecule has 1 fully saturated rings. The third-order valence-corrected chi connectivity index (χ3v) is 4.24. The molecule has 110 valence electrons. The van der Waals surface area contributed by atoms with Crippen LogP contribution in [0.2, 0.25) is 0 Å². The van der Waals surface area contributed by atoms with E-state index in [0.717, 1.165) is 32.1 Å². The van der Waals surface area contributed by atoms with Gasteiger partial charge in [-0.1, -0.05) is 19.8 Å². The Balaban J connectivity index is 2.42. The first-order valence-corrected chi connectivity index (χ1v) is 7.12. The average molecular weight is 270 g/mol. The maximum Gasteiger partial charge on any atom is 0.317 e. The van der Waals surface area contributed by atoms with E-state index in [1.165, 1.54) is 0 Å². The Morgan fingerprint density at radius 2 is 2.05 bits per heavy atom. The zero-order valence-corrected chi connectivity index (χ0v) is 12.2. The topological polar surface area (TPSA) is 69.6 Å². The van der Waals surface area contributed by atoms with Crippen molar-refractivity contribution in [2.45, 2.75) is 58.4 Å². The summed E-state index contributed by atoms with van der Waals surface area (Å²) in [6.45, 7) is 4.60. The summed E-state index contributed by atoms with van der Waals surface area (Å²) in [6.07, 6.45) is 5.03. The second-order valence-corrected chi connectivity index (χ2v) is 5.83. The van der Waals surface area contributed by atoms with Crippen LogP contribution < -0.4 is 5.32 Å².